The summed E-state index contributed by atoms with van der Waals surface area (Å²) in [6.45, 7) is 7.65. The van der Waals surface area contributed by atoms with E-state index in [9.17, 15) is 0 Å². The van der Waals surface area contributed by atoms with E-state index in [0.717, 1.165) is 19.3 Å². The molecule has 0 aromatic heterocycles. The Balaban J connectivity index is 3.24. The smallest absolute Gasteiger partial charge is 0.0514 e. The van der Waals surface area contributed by atoms with Gasteiger partial charge in [0, 0.05) is 0 Å². The summed E-state index contributed by atoms with van der Waals surface area (Å²) in [5.41, 5.74) is 0. The fourth-order valence-corrected chi connectivity index (χ4v) is 1.10. The largest absolute Gasteiger partial charge is 0.393 e. The predicted octanol–water partition coefficient (Wildman–Crippen LogP) is 2.36. The van der Waals surface area contributed by atoms with E-state index in [1.54, 1.807) is 0 Å². The average Bonchev–Trinajstić information content (AvgIpc) is 1.82. The van der Waals surface area contributed by atoms with E-state index >= 15 is 0 Å². The summed E-state index contributed by atoms with van der Waals surface area (Å²) in [5, 5.41) is 9.00. The average molecular weight is 142 g/mol. The molecule has 0 spiro atoms. The molecule has 0 fully saturated rings. The van der Waals surface area contributed by atoms with Gasteiger partial charge in [0.1, 0.15) is 0 Å². The van der Waals surface area contributed by atoms with Crippen LogP contribution in [-0.2, 0) is 0 Å². The van der Waals surface area contributed by atoms with Crippen molar-refractivity contribution in [3.63, 3.8) is 0 Å². The fraction of sp³-hybridized carbons (Fsp3) is 0.778. The first-order valence-electron chi connectivity index (χ1n) is 3.95. The minimum atomic E-state index is -0.153. The molecule has 0 aliphatic rings. The third-order valence-corrected chi connectivity index (χ3v) is 1.61. The van der Waals surface area contributed by atoms with Crippen molar-refractivity contribution in [3.8, 4) is 0 Å². The van der Waals surface area contributed by atoms with Gasteiger partial charge in [0.2, 0.25) is 0 Å². The molecular formula is C9H18O. The molecular weight excluding hydrogens is 124 g/mol. The van der Waals surface area contributed by atoms with E-state index in [-0.39, 0.29) is 6.10 Å². The molecule has 0 heterocycles. The van der Waals surface area contributed by atoms with Crippen LogP contribution >= 0.6 is 0 Å². The Morgan fingerprint density at radius 3 is 2.50 bits per heavy atom. The summed E-state index contributed by atoms with van der Waals surface area (Å²) in [6, 6.07) is 0. The molecule has 10 heavy (non-hydrogen) atoms. The third kappa shape index (κ3) is 5.83. The first kappa shape index (κ1) is 9.70. The van der Waals surface area contributed by atoms with Crippen LogP contribution in [-0.4, -0.2) is 11.2 Å². The number of aliphatic hydroxyl groups is 1. The van der Waals surface area contributed by atoms with Crippen molar-refractivity contribution in [1.29, 1.82) is 0 Å². The molecule has 2 atom stereocenters. The highest BCUT2D eigenvalue weighted by Crippen LogP contribution is 2.12. The topological polar surface area (TPSA) is 20.2 Å². The summed E-state index contributed by atoms with van der Waals surface area (Å²) in [5.74, 6) is 0.623. The van der Waals surface area contributed by atoms with Gasteiger partial charge >= 0.3 is 0 Å². The molecule has 0 saturated carbocycles. The zero-order chi connectivity index (χ0) is 7.98. The molecule has 1 heteroatoms. The van der Waals surface area contributed by atoms with Crippen molar-refractivity contribution in [1.82, 2.24) is 0 Å². The molecule has 0 aliphatic heterocycles. The normalized spacial score (nSPS) is 16.3. The summed E-state index contributed by atoms with van der Waals surface area (Å²) in [4.78, 5) is 0. The number of aliphatic hydroxyl groups excluding tert-OH is 1. The zero-order valence-corrected chi connectivity index (χ0v) is 7.01. The van der Waals surface area contributed by atoms with Gasteiger partial charge in [-0.15, -0.1) is 6.58 Å². The molecule has 0 unspecified atom stereocenters. The fourth-order valence-electron chi connectivity index (χ4n) is 1.10. The summed E-state index contributed by atoms with van der Waals surface area (Å²) >= 11 is 0. The first-order valence-corrected chi connectivity index (χ1v) is 3.95. The SMILES string of the molecule is C=CCC[C@@H](C)C[C@@H](C)O. The van der Waals surface area contributed by atoms with E-state index in [4.69, 9.17) is 5.11 Å². The number of rotatable bonds is 5. The van der Waals surface area contributed by atoms with Crippen LogP contribution < -0.4 is 0 Å². The van der Waals surface area contributed by atoms with Crippen LogP contribution in [0.2, 0.25) is 0 Å². The number of hydrogen-bond acceptors (Lipinski definition) is 1. The van der Waals surface area contributed by atoms with Crippen molar-refractivity contribution in [2.24, 2.45) is 5.92 Å². The molecule has 0 aromatic rings. The second-order valence-corrected chi connectivity index (χ2v) is 3.06. The van der Waals surface area contributed by atoms with Crippen molar-refractivity contribution in [2.45, 2.75) is 39.2 Å². The lowest BCUT2D eigenvalue weighted by Crippen LogP contribution is -2.06. The first-order chi connectivity index (χ1) is 4.66. The van der Waals surface area contributed by atoms with Gasteiger partial charge in [0.25, 0.3) is 0 Å². The Bertz CT molecular complexity index is 86.7. The Labute approximate surface area is 63.8 Å². The summed E-state index contributed by atoms with van der Waals surface area (Å²) in [6.07, 6.45) is 4.90. The molecule has 1 N–H and O–H groups in total. The highest BCUT2D eigenvalue weighted by atomic mass is 16.3. The Morgan fingerprint density at radius 1 is 1.50 bits per heavy atom. The van der Waals surface area contributed by atoms with Crippen molar-refractivity contribution >= 4 is 0 Å². The van der Waals surface area contributed by atoms with Gasteiger partial charge in [0.15, 0.2) is 0 Å². The predicted molar refractivity (Wildman–Crippen MR) is 44.9 cm³/mol. The molecule has 0 aromatic carbocycles. The Hall–Kier alpha value is -0.300. The van der Waals surface area contributed by atoms with Gasteiger partial charge in [-0.3, -0.25) is 0 Å². The highest BCUT2D eigenvalue weighted by molar-refractivity contribution is 4.68. The van der Waals surface area contributed by atoms with Crippen molar-refractivity contribution in [3.05, 3.63) is 12.7 Å². The van der Waals surface area contributed by atoms with Crippen LogP contribution in [0.25, 0.3) is 0 Å². The Morgan fingerprint density at radius 2 is 2.10 bits per heavy atom. The van der Waals surface area contributed by atoms with Crippen LogP contribution in [0.1, 0.15) is 33.1 Å². The highest BCUT2D eigenvalue weighted by Gasteiger charge is 2.03. The molecule has 0 saturated heterocycles. The molecule has 60 valence electrons. The lowest BCUT2D eigenvalue weighted by atomic mass is 9.99. The minimum absolute atomic E-state index is 0.153. The van der Waals surface area contributed by atoms with E-state index in [1.807, 2.05) is 13.0 Å². The van der Waals surface area contributed by atoms with Crippen LogP contribution in [0, 0.1) is 5.92 Å². The molecule has 0 amide bonds. The summed E-state index contributed by atoms with van der Waals surface area (Å²) in [7, 11) is 0. The van der Waals surface area contributed by atoms with Crippen LogP contribution in [0.5, 0.6) is 0 Å². The number of hydrogen-bond donors (Lipinski definition) is 1. The zero-order valence-electron chi connectivity index (χ0n) is 7.01. The van der Waals surface area contributed by atoms with E-state index in [0.29, 0.717) is 5.92 Å². The third-order valence-electron chi connectivity index (χ3n) is 1.61. The molecule has 0 rings (SSSR count). The minimum Gasteiger partial charge on any atom is -0.393 e. The molecule has 0 radical (unpaired) electrons. The van der Waals surface area contributed by atoms with Gasteiger partial charge in [-0.25, -0.2) is 0 Å². The lowest BCUT2D eigenvalue weighted by Gasteiger charge is -2.11. The van der Waals surface area contributed by atoms with Gasteiger partial charge in [0.05, 0.1) is 6.10 Å². The standard InChI is InChI=1S/C9H18O/c1-4-5-6-8(2)7-9(3)10/h4,8-10H,1,5-7H2,2-3H3/t8-,9-/m1/s1. The monoisotopic (exact) mass is 142 g/mol. The van der Waals surface area contributed by atoms with E-state index in [2.05, 4.69) is 13.5 Å². The van der Waals surface area contributed by atoms with Crippen LogP contribution in [0.15, 0.2) is 12.7 Å². The van der Waals surface area contributed by atoms with Crippen molar-refractivity contribution < 1.29 is 5.11 Å². The number of allylic oxidation sites excluding steroid dienone is 1. The lowest BCUT2D eigenvalue weighted by molar-refractivity contribution is 0.162. The van der Waals surface area contributed by atoms with Gasteiger partial charge in [-0.05, 0) is 32.1 Å². The molecule has 1 nitrogen and oxygen atoms in total. The second kappa shape index (κ2) is 5.48. The van der Waals surface area contributed by atoms with Gasteiger partial charge < -0.3 is 5.11 Å². The maximum atomic E-state index is 9.00. The van der Waals surface area contributed by atoms with Crippen LogP contribution in [0.3, 0.4) is 0 Å². The van der Waals surface area contributed by atoms with E-state index in [1.165, 1.54) is 0 Å². The molecule has 0 bridgehead atoms. The summed E-state index contributed by atoms with van der Waals surface area (Å²) < 4.78 is 0. The quantitative estimate of drug-likeness (QED) is 0.584. The van der Waals surface area contributed by atoms with Gasteiger partial charge in [-0.2, -0.15) is 0 Å². The van der Waals surface area contributed by atoms with Gasteiger partial charge in [-0.1, -0.05) is 13.0 Å². The second-order valence-electron chi connectivity index (χ2n) is 3.06. The van der Waals surface area contributed by atoms with Crippen molar-refractivity contribution in [2.75, 3.05) is 0 Å². The maximum Gasteiger partial charge on any atom is 0.0514 e. The molecule has 0 aliphatic carbocycles. The maximum absolute atomic E-state index is 9.00. The Kier molecular flexibility index (Phi) is 5.32. The van der Waals surface area contributed by atoms with Crippen LogP contribution in [0.4, 0.5) is 0 Å². The van der Waals surface area contributed by atoms with E-state index < -0.39 is 0 Å².